The average Bonchev–Trinajstić information content (AvgIpc) is 3.32. The SMILES string of the molecule is CCc1cc(C(F)(F)F)c2c([C@@H]3CCCN(C(=O)Cn4cc(C)cn4)C3)noc2n1. The summed E-state index contributed by atoms with van der Waals surface area (Å²) in [6, 6.07) is 1.06. The van der Waals surface area contributed by atoms with Crippen molar-refractivity contribution in [3.63, 3.8) is 0 Å². The van der Waals surface area contributed by atoms with Gasteiger partial charge in [-0.3, -0.25) is 9.48 Å². The predicted molar refractivity (Wildman–Crippen MR) is 102 cm³/mol. The van der Waals surface area contributed by atoms with Gasteiger partial charge in [0.2, 0.25) is 5.91 Å². The van der Waals surface area contributed by atoms with Crippen molar-refractivity contribution in [3.05, 3.63) is 41.0 Å². The van der Waals surface area contributed by atoms with Crippen LogP contribution in [-0.2, 0) is 23.9 Å². The third-order valence-corrected chi connectivity index (χ3v) is 5.41. The number of piperidine rings is 1. The van der Waals surface area contributed by atoms with Gasteiger partial charge in [0.15, 0.2) is 0 Å². The molecule has 0 N–H and O–H groups in total. The summed E-state index contributed by atoms with van der Waals surface area (Å²) in [6.07, 6.45) is 0.548. The maximum atomic E-state index is 13.7. The molecular formula is C20H22F3N5O2. The number of pyridine rings is 1. The van der Waals surface area contributed by atoms with Crippen molar-refractivity contribution in [3.8, 4) is 0 Å². The van der Waals surface area contributed by atoms with Gasteiger partial charge in [0.25, 0.3) is 5.71 Å². The molecule has 0 saturated carbocycles. The zero-order valence-electron chi connectivity index (χ0n) is 16.7. The Bertz CT molecular complexity index is 1070. The minimum atomic E-state index is -4.55. The fourth-order valence-electron chi connectivity index (χ4n) is 3.93. The highest BCUT2D eigenvalue weighted by molar-refractivity contribution is 5.82. The summed E-state index contributed by atoms with van der Waals surface area (Å²) < 4.78 is 48.0. The summed E-state index contributed by atoms with van der Waals surface area (Å²) in [5, 5.41) is 7.98. The molecule has 1 saturated heterocycles. The van der Waals surface area contributed by atoms with Crippen LogP contribution >= 0.6 is 0 Å². The van der Waals surface area contributed by atoms with Gasteiger partial charge in [0.05, 0.1) is 22.8 Å². The highest BCUT2D eigenvalue weighted by atomic mass is 19.4. The Morgan fingerprint density at radius 3 is 2.83 bits per heavy atom. The first-order valence-electron chi connectivity index (χ1n) is 9.89. The van der Waals surface area contributed by atoms with E-state index in [1.807, 2.05) is 6.92 Å². The van der Waals surface area contributed by atoms with Crippen LogP contribution in [0.4, 0.5) is 13.2 Å². The Kier molecular flexibility index (Phi) is 5.25. The van der Waals surface area contributed by atoms with E-state index in [1.165, 1.54) is 0 Å². The molecule has 3 aromatic rings. The number of hydrogen-bond donors (Lipinski definition) is 0. The van der Waals surface area contributed by atoms with E-state index in [4.69, 9.17) is 4.52 Å². The maximum absolute atomic E-state index is 13.7. The Balaban J connectivity index is 1.62. The van der Waals surface area contributed by atoms with Crippen LogP contribution < -0.4 is 0 Å². The van der Waals surface area contributed by atoms with Gasteiger partial charge in [-0.2, -0.15) is 18.3 Å². The summed E-state index contributed by atoms with van der Waals surface area (Å²) in [7, 11) is 0. The zero-order chi connectivity index (χ0) is 21.5. The molecule has 0 bridgehead atoms. The Labute approximate surface area is 170 Å². The first-order chi connectivity index (χ1) is 14.3. The van der Waals surface area contributed by atoms with E-state index in [1.54, 1.807) is 28.9 Å². The topological polar surface area (TPSA) is 77.0 Å². The number of hydrogen-bond acceptors (Lipinski definition) is 5. The van der Waals surface area contributed by atoms with Crippen molar-refractivity contribution in [1.29, 1.82) is 0 Å². The molecule has 0 unspecified atom stereocenters. The molecule has 0 aliphatic carbocycles. The number of aryl methyl sites for hydroxylation is 2. The van der Waals surface area contributed by atoms with Crippen molar-refractivity contribution < 1.29 is 22.5 Å². The first-order valence-corrected chi connectivity index (χ1v) is 9.89. The van der Waals surface area contributed by atoms with Crippen LogP contribution in [0.5, 0.6) is 0 Å². The summed E-state index contributed by atoms with van der Waals surface area (Å²) in [4.78, 5) is 18.5. The van der Waals surface area contributed by atoms with Crippen molar-refractivity contribution >= 4 is 17.0 Å². The Hall–Kier alpha value is -2.91. The molecule has 160 valence electrons. The van der Waals surface area contributed by atoms with Crippen LogP contribution in [0.15, 0.2) is 23.0 Å². The molecule has 7 nitrogen and oxygen atoms in total. The van der Waals surface area contributed by atoms with Crippen LogP contribution in [0.25, 0.3) is 11.1 Å². The van der Waals surface area contributed by atoms with E-state index < -0.39 is 11.7 Å². The molecule has 1 amide bonds. The second-order valence-electron chi connectivity index (χ2n) is 7.65. The number of carbonyl (C=O) groups is 1. The second kappa shape index (κ2) is 7.73. The third-order valence-electron chi connectivity index (χ3n) is 5.41. The number of alkyl halides is 3. The van der Waals surface area contributed by atoms with Crippen LogP contribution in [0.1, 0.15) is 48.2 Å². The number of halogens is 3. The van der Waals surface area contributed by atoms with Crippen molar-refractivity contribution in [2.45, 2.75) is 51.7 Å². The summed E-state index contributed by atoms with van der Waals surface area (Å²) >= 11 is 0. The van der Waals surface area contributed by atoms with Gasteiger partial charge in [-0.15, -0.1) is 0 Å². The third kappa shape index (κ3) is 3.90. The van der Waals surface area contributed by atoms with E-state index in [2.05, 4.69) is 15.2 Å². The average molecular weight is 421 g/mol. The molecule has 1 aliphatic heterocycles. The zero-order valence-corrected chi connectivity index (χ0v) is 16.7. The normalized spacial score (nSPS) is 17.6. The predicted octanol–water partition coefficient (Wildman–Crippen LogP) is 3.72. The molecule has 10 heteroatoms. The Morgan fingerprint density at radius 1 is 1.37 bits per heavy atom. The molecule has 1 fully saturated rings. The lowest BCUT2D eigenvalue weighted by Crippen LogP contribution is -2.41. The lowest BCUT2D eigenvalue weighted by molar-refractivity contribution is -0.136. The highest BCUT2D eigenvalue weighted by Gasteiger charge is 2.38. The number of nitrogens with zero attached hydrogens (tertiary/aromatic N) is 5. The molecule has 1 atom stereocenters. The molecule has 1 aliphatic rings. The fourth-order valence-corrected chi connectivity index (χ4v) is 3.93. The summed E-state index contributed by atoms with van der Waals surface area (Å²) in [5.41, 5.74) is 0.586. The number of amides is 1. The smallest absolute Gasteiger partial charge is 0.340 e. The van der Waals surface area contributed by atoms with Crippen LogP contribution in [0.2, 0.25) is 0 Å². The van der Waals surface area contributed by atoms with Gasteiger partial charge < -0.3 is 9.42 Å². The number of rotatable bonds is 4. The first kappa shape index (κ1) is 20.4. The number of aromatic nitrogens is 4. The standard InChI is InChI=1S/C20H22F3N5O2/c1-3-14-7-15(20(21,22)23)17-18(26-30-19(17)25-14)13-5-4-6-27(10-13)16(29)11-28-9-12(2)8-24-28/h7-9,13H,3-6,10-11H2,1-2H3/t13-/m1/s1. The molecule has 0 radical (unpaired) electrons. The molecule has 4 heterocycles. The highest BCUT2D eigenvalue weighted by Crippen LogP contribution is 2.40. The van der Waals surface area contributed by atoms with E-state index in [-0.39, 0.29) is 41.7 Å². The number of carbonyl (C=O) groups excluding carboxylic acids is 1. The monoisotopic (exact) mass is 421 g/mol. The van der Waals surface area contributed by atoms with Gasteiger partial charge in [-0.25, -0.2) is 4.98 Å². The van der Waals surface area contributed by atoms with Crippen molar-refractivity contribution in [2.75, 3.05) is 13.1 Å². The van der Waals surface area contributed by atoms with Crippen LogP contribution in [0, 0.1) is 6.92 Å². The molecule has 0 spiro atoms. The van der Waals surface area contributed by atoms with Crippen molar-refractivity contribution in [1.82, 2.24) is 24.8 Å². The van der Waals surface area contributed by atoms with Gasteiger partial charge >= 0.3 is 6.18 Å². The molecule has 0 aromatic carbocycles. The number of likely N-dealkylation sites (tertiary alicyclic amines) is 1. The van der Waals surface area contributed by atoms with Crippen LogP contribution in [-0.4, -0.2) is 43.8 Å². The molecule has 30 heavy (non-hydrogen) atoms. The molecule has 3 aromatic heterocycles. The minimum absolute atomic E-state index is 0.0926. The minimum Gasteiger partial charge on any atom is -0.340 e. The lowest BCUT2D eigenvalue weighted by Gasteiger charge is -2.32. The largest absolute Gasteiger partial charge is 0.417 e. The van der Waals surface area contributed by atoms with Crippen molar-refractivity contribution in [2.24, 2.45) is 0 Å². The summed E-state index contributed by atoms with van der Waals surface area (Å²) in [5.74, 6) is -0.475. The number of fused-ring (bicyclic) bond motifs is 1. The fraction of sp³-hybridized carbons (Fsp3) is 0.500. The van der Waals surface area contributed by atoms with E-state index in [9.17, 15) is 18.0 Å². The molecular weight excluding hydrogens is 399 g/mol. The van der Waals surface area contributed by atoms with E-state index in [0.717, 1.165) is 11.6 Å². The van der Waals surface area contributed by atoms with E-state index >= 15 is 0 Å². The lowest BCUT2D eigenvalue weighted by atomic mass is 9.91. The van der Waals surface area contributed by atoms with E-state index in [0.29, 0.717) is 31.5 Å². The second-order valence-corrected chi connectivity index (χ2v) is 7.65. The molecule has 4 rings (SSSR count). The Morgan fingerprint density at radius 2 is 2.17 bits per heavy atom. The summed E-state index contributed by atoms with van der Waals surface area (Å²) in [6.45, 7) is 4.55. The quantitative estimate of drug-likeness (QED) is 0.642. The van der Waals surface area contributed by atoms with Crippen LogP contribution in [0.3, 0.4) is 0 Å². The van der Waals surface area contributed by atoms with Gasteiger partial charge in [0, 0.05) is 30.9 Å². The van der Waals surface area contributed by atoms with Gasteiger partial charge in [-0.1, -0.05) is 12.1 Å². The maximum Gasteiger partial charge on any atom is 0.417 e. The van der Waals surface area contributed by atoms with Gasteiger partial charge in [-0.05, 0) is 37.8 Å². The van der Waals surface area contributed by atoms with Gasteiger partial charge in [0.1, 0.15) is 6.54 Å².